The lowest BCUT2D eigenvalue weighted by atomic mass is 10.0. The molecule has 1 N–H and O–H groups in total. The van der Waals surface area contributed by atoms with Crippen LogP contribution < -0.4 is 10.1 Å². The standard InChI is InChI=1S/C18H22F2N2O.ClH/c1-21-14-6-4-10-22(11-14)12-16-15-7-3-2-5-13(15)8-9-17(16)23-18(19)20;/h2-3,5,7-9,14,18,21H,4,6,10-12H2,1H3;1H. The Balaban J connectivity index is 0.00000208. The molecule has 1 aliphatic rings. The Morgan fingerprint density at radius 1 is 1.25 bits per heavy atom. The summed E-state index contributed by atoms with van der Waals surface area (Å²) in [5.74, 6) is 0.283. The molecule has 0 spiro atoms. The summed E-state index contributed by atoms with van der Waals surface area (Å²) in [6, 6.07) is 11.8. The van der Waals surface area contributed by atoms with E-state index in [0.717, 1.165) is 42.3 Å². The van der Waals surface area contributed by atoms with Crippen LogP contribution in [0.25, 0.3) is 10.8 Å². The number of fused-ring (bicyclic) bond motifs is 1. The number of piperidine rings is 1. The van der Waals surface area contributed by atoms with Gasteiger partial charge in [0.1, 0.15) is 5.75 Å². The van der Waals surface area contributed by atoms with Crippen LogP contribution in [0.4, 0.5) is 8.78 Å². The van der Waals surface area contributed by atoms with Gasteiger partial charge in [-0.05, 0) is 43.3 Å². The molecule has 0 amide bonds. The van der Waals surface area contributed by atoms with Gasteiger partial charge in [0.2, 0.25) is 0 Å². The second kappa shape index (κ2) is 8.60. The van der Waals surface area contributed by atoms with E-state index in [-0.39, 0.29) is 18.2 Å². The number of hydrogen-bond acceptors (Lipinski definition) is 3. The van der Waals surface area contributed by atoms with Crippen molar-refractivity contribution < 1.29 is 13.5 Å². The predicted molar refractivity (Wildman–Crippen MR) is 95.2 cm³/mol. The van der Waals surface area contributed by atoms with E-state index in [9.17, 15) is 8.78 Å². The number of nitrogens with one attached hydrogen (secondary N) is 1. The molecule has 132 valence electrons. The topological polar surface area (TPSA) is 24.5 Å². The van der Waals surface area contributed by atoms with Crippen LogP contribution in [0.3, 0.4) is 0 Å². The smallest absolute Gasteiger partial charge is 0.387 e. The van der Waals surface area contributed by atoms with Crippen LogP contribution in [-0.4, -0.2) is 37.7 Å². The maximum atomic E-state index is 12.7. The first-order valence-corrected chi connectivity index (χ1v) is 8.02. The number of nitrogens with zero attached hydrogens (tertiary/aromatic N) is 1. The monoisotopic (exact) mass is 356 g/mol. The number of alkyl halides is 2. The van der Waals surface area contributed by atoms with Crippen molar-refractivity contribution in [3.8, 4) is 5.75 Å². The van der Waals surface area contributed by atoms with E-state index < -0.39 is 6.61 Å². The summed E-state index contributed by atoms with van der Waals surface area (Å²) in [5.41, 5.74) is 0.847. The third kappa shape index (κ3) is 4.35. The fourth-order valence-corrected chi connectivity index (χ4v) is 3.34. The molecule has 1 heterocycles. The molecule has 1 atom stereocenters. The number of hydrogen-bond donors (Lipinski definition) is 1. The van der Waals surface area contributed by atoms with Crippen LogP contribution in [-0.2, 0) is 6.54 Å². The van der Waals surface area contributed by atoms with E-state index in [1.54, 1.807) is 6.07 Å². The van der Waals surface area contributed by atoms with Crippen molar-refractivity contribution in [2.45, 2.75) is 32.0 Å². The molecule has 0 aliphatic carbocycles. The number of likely N-dealkylation sites (tertiary alicyclic amines) is 1. The van der Waals surface area contributed by atoms with Crippen LogP contribution in [0.5, 0.6) is 5.75 Å². The summed E-state index contributed by atoms with van der Waals surface area (Å²) in [6.07, 6.45) is 2.27. The molecule has 1 aliphatic heterocycles. The third-order valence-electron chi connectivity index (χ3n) is 4.51. The van der Waals surface area contributed by atoms with Gasteiger partial charge in [-0.25, -0.2) is 0 Å². The Bertz CT molecular complexity index is 669. The molecule has 0 saturated carbocycles. The number of halogens is 3. The third-order valence-corrected chi connectivity index (χ3v) is 4.51. The fraction of sp³-hybridized carbons (Fsp3) is 0.444. The molecule has 1 fully saturated rings. The number of rotatable bonds is 5. The van der Waals surface area contributed by atoms with E-state index in [2.05, 4.69) is 10.2 Å². The van der Waals surface area contributed by atoms with E-state index >= 15 is 0 Å². The van der Waals surface area contributed by atoms with Gasteiger partial charge in [-0.3, -0.25) is 4.90 Å². The molecular weight excluding hydrogens is 334 g/mol. The molecule has 24 heavy (non-hydrogen) atoms. The largest absolute Gasteiger partial charge is 0.434 e. The van der Waals surface area contributed by atoms with Crippen molar-refractivity contribution in [2.75, 3.05) is 20.1 Å². The Hall–Kier alpha value is -1.43. The van der Waals surface area contributed by atoms with Crippen molar-refractivity contribution in [1.82, 2.24) is 10.2 Å². The normalized spacial score (nSPS) is 18.6. The predicted octanol–water partition coefficient (Wildman–Crippen LogP) is 4.05. The SMILES string of the molecule is CNC1CCCN(Cc2c(OC(F)F)ccc3ccccc23)C1.Cl. The molecule has 0 radical (unpaired) electrons. The van der Waals surface area contributed by atoms with Gasteiger partial charge in [0, 0.05) is 24.7 Å². The van der Waals surface area contributed by atoms with E-state index in [1.165, 1.54) is 0 Å². The number of benzene rings is 2. The van der Waals surface area contributed by atoms with Crippen LogP contribution in [0.2, 0.25) is 0 Å². The minimum absolute atomic E-state index is 0. The highest BCUT2D eigenvalue weighted by atomic mass is 35.5. The van der Waals surface area contributed by atoms with Gasteiger partial charge < -0.3 is 10.1 Å². The molecule has 6 heteroatoms. The van der Waals surface area contributed by atoms with Crippen molar-refractivity contribution in [1.29, 1.82) is 0 Å². The Morgan fingerprint density at radius 3 is 2.79 bits per heavy atom. The molecule has 3 nitrogen and oxygen atoms in total. The van der Waals surface area contributed by atoms with Gasteiger partial charge in [0.15, 0.2) is 0 Å². The van der Waals surface area contributed by atoms with E-state index in [1.807, 2.05) is 37.4 Å². The zero-order chi connectivity index (χ0) is 16.2. The molecule has 0 aromatic heterocycles. The van der Waals surface area contributed by atoms with E-state index in [0.29, 0.717) is 12.6 Å². The second-order valence-electron chi connectivity index (χ2n) is 6.00. The van der Waals surface area contributed by atoms with Gasteiger partial charge >= 0.3 is 6.61 Å². The van der Waals surface area contributed by atoms with Crippen LogP contribution in [0, 0.1) is 0 Å². The second-order valence-corrected chi connectivity index (χ2v) is 6.00. The first kappa shape index (κ1) is 18.9. The maximum Gasteiger partial charge on any atom is 0.387 e. The highest BCUT2D eigenvalue weighted by Gasteiger charge is 2.21. The summed E-state index contributed by atoms with van der Waals surface area (Å²) in [4.78, 5) is 2.31. The minimum atomic E-state index is -2.80. The molecule has 0 bridgehead atoms. The zero-order valence-corrected chi connectivity index (χ0v) is 14.5. The molecule has 1 unspecified atom stereocenters. The molecule has 3 rings (SSSR count). The average molecular weight is 357 g/mol. The van der Waals surface area contributed by atoms with Crippen molar-refractivity contribution in [3.63, 3.8) is 0 Å². The number of ether oxygens (including phenoxy) is 1. The average Bonchev–Trinajstić information content (AvgIpc) is 2.57. The summed E-state index contributed by atoms with van der Waals surface area (Å²) in [5, 5.41) is 5.34. The van der Waals surface area contributed by atoms with Gasteiger partial charge in [0.05, 0.1) is 0 Å². The van der Waals surface area contributed by atoms with Crippen LogP contribution in [0.15, 0.2) is 36.4 Å². The summed E-state index contributed by atoms with van der Waals surface area (Å²) in [6.45, 7) is -0.272. The number of likely N-dealkylation sites (N-methyl/N-ethyl adjacent to an activating group) is 1. The summed E-state index contributed by atoms with van der Waals surface area (Å²) >= 11 is 0. The van der Waals surface area contributed by atoms with Crippen LogP contribution >= 0.6 is 12.4 Å². The molecule has 2 aromatic carbocycles. The van der Waals surface area contributed by atoms with E-state index in [4.69, 9.17) is 4.74 Å². The molecule has 2 aromatic rings. The van der Waals surface area contributed by atoms with Crippen molar-refractivity contribution in [2.24, 2.45) is 0 Å². The van der Waals surface area contributed by atoms with Gasteiger partial charge in [0.25, 0.3) is 0 Å². The maximum absolute atomic E-state index is 12.7. The first-order valence-electron chi connectivity index (χ1n) is 8.02. The van der Waals surface area contributed by atoms with Crippen molar-refractivity contribution in [3.05, 3.63) is 42.0 Å². The van der Waals surface area contributed by atoms with Gasteiger partial charge in [-0.2, -0.15) is 8.78 Å². The van der Waals surface area contributed by atoms with Gasteiger partial charge in [-0.15, -0.1) is 12.4 Å². The zero-order valence-electron chi connectivity index (χ0n) is 13.7. The van der Waals surface area contributed by atoms with Crippen LogP contribution in [0.1, 0.15) is 18.4 Å². The highest BCUT2D eigenvalue weighted by Crippen LogP contribution is 2.31. The lowest BCUT2D eigenvalue weighted by Crippen LogP contribution is -2.43. The summed E-state index contributed by atoms with van der Waals surface area (Å²) < 4.78 is 30.3. The van der Waals surface area contributed by atoms with Crippen molar-refractivity contribution >= 4 is 23.2 Å². The highest BCUT2D eigenvalue weighted by molar-refractivity contribution is 5.87. The molecule has 1 saturated heterocycles. The lowest BCUT2D eigenvalue weighted by molar-refractivity contribution is -0.0507. The Kier molecular flexibility index (Phi) is 6.78. The fourth-order valence-electron chi connectivity index (χ4n) is 3.34. The summed E-state index contributed by atoms with van der Waals surface area (Å²) in [7, 11) is 1.97. The quantitative estimate of drug-likeness (QED) is 0.874. The minimum Gasteiger partial charge on any atom is -0.434 e. The first-order chi connectivity index (χ1) is 11.2. The lowest BCUT2D eigenvalue weighted by Gasteiger charge is -2.33. The Morgan fingerprint density at radius 2 is 2.04 bits per heavy atom. The van der Waals surface area contributed by atoms with Gasteiger partial charge in [-0.1, -0.05) is 30.3 Å². The molecular formula is C18H23ClF2N2O. The Labute approximate surface area is 147 Å².